The summed E-state index contributed by atoms with van der Waals surface area (Å²) in [7, 11) is 1.65. The summed E-state index contributed by atoms with van der Waals surface area (Å²) in [4.78, 5) is 24.8. The standard InChI is InChI=1S/C24H24N2O3/c1-15(17-3-4-19-14-22(29-2)12-7-18(19)13-17)23(27)25-20-8-5-16(6-9-20)24(28)26-21-10-11-21/h3-9,12-15,21H,10-11H2,1-2H3,(H,25,27)(H,26,28)/t15-/m0/s1. The Labute approximate surface area is 170 Å². The number of hydrogen-bond donors (Lipinski definition) is 2. The molecule has 0 bridgehead atoms. The molecule has 0 aliphatic heterocycles. The zero-order chi connectivity index (χ0) is 20.4. The normalized spacial score (nSPS) is 14.3. The third kappa shape index (κ3) is 4.40. The Balaban J connectivity index is 1.43. The van der Waals surface area contributed by atoms with Gasteiger partial charge in [-0.3, -0.25) is 9.59 Å². The van der Waals surface area contributed by atoms with Crippen LogP contribution in [0.5, 0.6) is 5.75 Å². The molecule has 0 unspecified atom stereocenters. The fourth-order valence-corrected chi connectivity index (χ4v) is 3.24. The van der Waals surface area contributed by atoms with Crippen LogP contribution in [0.1, 0.15) is 41.6 Å². The third-order valence-electron chi connectivity index (χ3n) is 5.29. The molecular formula is C24H24N2O3. The summed E-state index contributed by atoms with van der Waals surface area (Å²) in [6.45, 7) is 1.89. The van der Waals surface area contributed by atoms with Crippen molar-refractivity contribution in [2.45, 2.75) is 31.7 Å². The largest absolute Gasteiger partial charge is 0.497 e. The lowest BCUT2D eigenvalue weighted by Crippen LogP contribution is -2.25. The third-order valence-corrected chi connectivity index (χ3v) is 5.29. The molecule has 5 heteroatoms. The van der Waals surface area contributed by atoms with Gasteiger partial charge in [-0.2, -0.15) is 0 Å². The van der Waals surface area contributed by atoms with Gasteiger partial charge >= 0.3 is 0 Å². The van der Waals surface area contributed by atoms with Crippen molar-refractivity contribution in [2.24, 2.45) is 0 Å². The molecule has 1 aliphatic rings. The van der Waals surface area contributed by atoms with E-state index in [1.807, 2.05) is 43.3 Å². The zero-order valence-electron chi connectivity index (χ0n) is 16.6. The van der Waals surface area contributed by atoms with Crippen molar-refractivity contribution in [3.8, 4) is 5.75 Å². The van der Waals surface area contributed by atoms with Crippen LogP contribution in [0.15, 0.2) is 60.7 Å². The van der Waals surface area contributed by atoms with E-state index in [1.165, 1.54) is 0 Å². The van der Waals surface area contributed by atoms with Crippen LogP contribution in [0.3, 0.4) is 0 Å². The van der Waals surface area contributed by atoms with E-state index < -0.39 is 0 Å². The van der Waals surface area contributed by atoms with Gasteiger partial charge in [-0.15, -0.1) is 0 Å². The van der Waals surface area contributed by atoms with E-state index in [-0.39, 0.29) is 17.7 Å². The molecule has 0 heterocycles. The number of fused-ring (bicyclic) bond motifs is 1. The summed E-state index contributed by atoms with van der Waals surface area (Å²) in [6.07, 6.45) is 2.11. The van der Waals surface area contributed by atoms with Crippen LogP contribution in [-0.2, 0) is 4.79 Å². The predicted molar refractivity (Wildman–Crippen MR) is 114 cm³/mol. The molecule has 148 valence electrons. The molecule has 5 nitrogen and oxygen atoms in total. The molecule has 2 amide bonds. The summed E-state index contributed by atoms with van der Waals surface area (Å²) in [5, 5.41) is 8.03. The minimum atomic E-state index is -0.306. The molecule has 0 aromatic heterocycles. The van der Waals surface area contributed by atoms with Crippen LogP contribution in [0.2, 0.25) is 0 Å². The van der Waals surface area contributed by atoms with Gasteiger partial charge in [0.15, 0.2) is 0 Å². The summed E-state index contributed by atoms with van der Waals surface area (Å²) in [6, 6.07) is 19.2. The molecule has 0 spiro atoms. The Hall–Kier alpha value is -3.34. The smallest absolute Gasteiger partial charge is 0.251 e. The molecule has 3 aromatic rings. The number of amides is 2. The van der Waals surface area contributed by atoms with Crippen molar-refractivity contribution in [2.75, 3.05) is 12.4 Å². The molecule has 0 saturated heterocycles. The second-order valence-corrected chi connectivity index (χ2v) is 7.51. The van der Waals surface area contributed by atoms with Gasteiger partial charge in [0.25, 0.3) is 5.91 Å². The molecule has 1 fully saturated rings. The van der Waals surface area contributed by atoms with Crippen LogP contribution in [0.25, 0.3) is 10.8 Å². The van der Waals surface area contributed by atoms with Crippen LogP contribution in [0, 0.1) is 0 Å². The van der Waals surface area contributed by atoms with Gasteiger partial charge < -0.3 is 15.4 Å². The van der Waals surface area contributed by atoms with Crippen molar-refractivity contribution in [3.05, 3.63) is 71.8 Å². The van der Waals surface area contributed by atoms with Crippen molar-refractivity contribution in [1.82, 2.24) is 5.32 Å². The van der Waals surface area contributed by atoms with E-state index >= 15 is 0 Å². The van der Waals surface area contributed by atoms with Crippen molar-refractivity contribution in [1.29, 1.82) is 0 Å². The number of benzene rings is 3. The molecule has 0 radical (unpaired) electrons. The lowest BCUT2D eigenvalue weighted by atomic mass is 9.97. The first kappa shape index (κ1) is 19.0. The summed E-state index contributed by atoms with van der Waals surface area (Å²) in [5.74, 6) is 0.351. The van der Waals surface area contributed by atoms with Crippen LogP contribution in [-0.4, -0.2) is 25.0 Å². The van der Waals surface area contributed by atoms with Gasteiger partial charge in [0, 0.05) is 17.3 Å². The number of anilines is 1. The van der Waals surface area contributed by atoms with Crippen LogP contribution in [0.4, 0.5) is 5.69 Å². The second-order valence-electron chi connectivity index (χ2n) is 7.51. The molecule has 2 N–H and O–H groups in total. The molecule has 1 atom stereocenters. The number of carbonyl (C=O) groups excluding carboxylic acids is 2. The number of nitrogens with one attached hydrogen (secondary N) is 2. The number of carbonyl (C=O) groups is 2. The highest BCUT2D eigenvalue weighted by Crippen LogP contribution is 2.26. The Bertz CT molecular complexity index is 1060. The fraction of sp³-hybridized carbons (Fsp3) is 0.250. The lowest BCUT2D eigenvalue weighted by molar-refractivity contribution is -0.117. The van der Waals surface area contributed by atoms with Gasteiger partial charge in [0.1, 0.15) is 5.75 Å². The van der Waals surface area contributed by atoms with Gasteiger partial charge in [0.2, 0.25) is 5.91 Å². The highest BCUT2D eigenvalue weighted by atomic mass is 16.5. The second kappa shape index (κ2) is 7.95. The number of hydrogen-bond acceptors (Lipinski definition) is 3. The van der Waals surface area contributed by atoms with Crippen LogP contribution < -0.4 is 15.4 Å². The van der Waals surface area contributed by atoms with Crippen LogP contribution >= 0.6 is 0 Å². The van der Waals surface area contributed by atoms with Crippen molar-refractivity contribution in [3.63, 3.8) is 0 Å². The van der Waals surface area contributed by atoms with E-state index in [9.17, 15) is 9.59 Å². The summed E-state index contributed by atoms with van der Waals surface area (Å²) in [5.41, 5.74) is 2.23. The molecular weight excluding hydrogens is 364 g/mol. The van der Waals surface area contributed by atoms with Crippen molar-refractivity contribution < 1.29 is 14.3 Å². The van der Waals surface area contributed by atoms with Gasteiger partial charge in [-0.05, 0) is 72.5 Å². The lowest BCUT2D eigenvalue weighted by Gasteiger charge is -2.14. The van der Waals surface area contributed by atoms with E-state index in [4.69, 9.17) is 4.74 Å². The fourth-order valence-electron chi connectivity index (χ4n) is 3.24. The maximum absolute atomic E-state index is 12.7. The summed E-state index contributed by atoms with van der Waals surface area (Å²) >= 11 is 0. The average molecular weight is 388 g/mol. The monoisotopic (exact) mass is 388 g/mol. The Morgan fingerprint density at radius 1 is 0.966 bits per heavy atom. The Morgan fingerprint density at radius 2 is 1.66 bits per heavy atom. The SMILES string of the molecule is COc1ccc2cc([C@H](C)C(=O)Nc3ccc(C(=O)NC4CC4)cc3)ccc2c1. The average Bonchev–Trinajstić information content (AvgIpc) is 3.56. The van der Waals surface area contributed by atoms with Gasteiger partial charge in [-0.25, -0.2) is 0 Å². The van der Waals surface area contributed by atoms with E-state index in [2.05, 4.69) is 10.6 Å². The number of methoxy groups -OCH3 is 1. The number of ether oxygens (including phenoxy) is 1. The minimum absolute atomic E-state index is 0.0634. The molecule has 4 rings (SSSR count). The number of rotatable bonds is 6. The first-order valence-electron chi connectivity index (χ1n) is 9.83. The Kier molecular flexibility index (Phi) is 5.21. The molecule has 3 aromatic carbocycles. The maximum atomic E-state index is 12.7. The summed E-state index contributed by atoms with van der Waals surface area (Å²) < 4.78 is 5.26. The topological polar surface area (TPSA) is 67.4 Å². The highest BCUT2D eigenvalue weighted by molar-refractivity contribution is 5.98. The van der Waals surface area contributed by atoms with Crippen molar-refractivity contribution >= 4 is 28.3 Å². The van der Waals surface area contributed by atoms with E-state index in [0.717, 1.165) is 34.9 Å². The predicted octanol–water partition coefficient (Wildman–Crippen LogP) is 4.48. The first-order chi connectivity index (χ1) is 14.0. The molecule has 29 heavy (non-hydrogen) atoms. The molecule has 1 aliphatic carbocycles. The quantitative estimate of drug-likeness (QED) is 0.654. The zero-order valence-corrected chi connectivity index (χ0v) is 16.6. The van der Waals surface area contributed by atoms with E-state index in [0.29, 0.717) is 17.3 Å². The van der Waals surface area contributed by atoms with Gasteiger partial charge in [-0.1, -0.05) is 24.3 Å². The highest BCUT2D eigenvalue weighted by Gasteiger charge is 2.23. The van der Waals surface area contributed by atoms with Gasteiger partial charge in [0.05, 0.1) is 13.0 Å². The Morgan fingerprint density at radius 3 is 2.34 bits per heavy atom. The first-order valence-corrected chi connectivity index (χ1v) is 9.83. The van der Waals surface area contributed by atoms with E-state index in [1.54, 1.807) is 31.4 Å². The minimum Gasteiger partial charge on any atom is -0.497 e. The molecule has 1 saturated carbocycles. The maximum Gasteiger partial charge on any atom is 0.251 e.